The maximum atomic E-state index is 11.7. The lowest BCUT2D eigenvalue weighted by atomic mass is 9.78. The van der Waals surface area contributed by atoms with Crippen molar-refractivity contribution in [2.45, 2.75) is 31.0 Å². The Kier molecular flexibility index (Phi) is 6.22. The van der Waals surface area contributed by atoms with E-state index in [1.807, 2.05) is 0 Å². The summed E-state index contributed by atoms with van der Waals surface area (Å²) in [6.45, 7) is -1.70. The number of hydrogen-bond donors (Lipinski definition) is 2. The Balaban J connectivity index is 0.00000256. The highest BCUT2D eigenvalue weighted by atomic mass is 35.5. The lowest BCUT2D eigenvalue weighted by molar-refractivity contribution is -0.175. The number of hydrogen-bond acceptors (Lipinski definition) is 3. The zero-order valence-corrected chi connectivity index (χ0v) is 10.00. The fourth-order valence-electron chi connectivity index (χ4n) is 1.39. The molecular formula is C9H16ClF3N2O2. The van der Waals surface area contributed by atoms with E-state index in [1.165, 1.54) is 0 Å². The number of nitrogens with two attached hydrogens (primary N) is 1. The molecule has 4 nitrogen and oxygen atoms in total. The molecule has 1 saturated carbocycles. The zero-order valence-electron chi connectivity index (χ0n) is 9.18. The monoisotopic (exact) mass is 276 g/mol. The topological polar surface area (TPSA) is 64.3 Å². The highest BCUT2D eigenvalue weighted by Crippen LogP contribution is 2.27. The number of halogens is 4. The first-order valence-corrected chi connectivity index (χ1v) is 5.01. The highest BCUT2D eigenvalue weighted by molar-refractivity contribution is 5.85. The molecule has 1 fully saturated rings. The first-order chi connectivity index (χ1) is 7.31. The second-order valence-corrected chi connectivity index (χ2v) is 4.10. The summed E-state index contributed by atoms with van der Waals surface area (Å²) in [7, 11) is 0. The fourth-order valence-corrected chi connectivity index (χ4v) is 1.39. The van der Waals surface area contributed by atoms with E-state index in [-0.39, 0.29) is 17.9 Å². The van der Waals surface area contributed by atoms with Crippen LogP contribution in [-0.2, 0) is 9.53 Å². The minimum atomic E-state index is -4.40. The number of rotatable bonds is 5. The molecule has 17 heavy (non-hydrogen) atoms. The van der Waals surface area contributed by atoms with Crippen LogP contribution < -0.4 is 11.1 Å². The minimum absolute atomic E-state index is 0. The summed E-state index contributed by atoms with van der Waals surface area (Å²) in [4.78, 5) is 11.1. The zero-order chi connectivity index (χ0) is 12.2. The molecule has 0 aromatic rings. The molecule has 0 radical (unpaired) electrons. The minimum Gasteiger partial charge on any atom is -0.362 e. The van der Waals surface area contributed by atoms with E-state index in [1.54, 1.807) is 0 Å². The van der Waals surface area contributed by atoms with Crippen LogP contribution in [0.1, 0.15) is 19.3 Å². The summed E-state index contributed by atoms with van der Waals surface area (Å²) < 4.78 is 39.2. The molecule has 3 N–H and O–H groups in total. The molecule has 0 bridgehead atoms. The van der Waals surface area contributed by atoms with Gasteiger partial charge in [0.2, 0.25) is 5.91 Å². The van der Waals surface area contributed by atoms with Crippen LogP contribution in [0.25, 0.3) is 0 Å². The predicted octanol–water partition coefficient (Wildman–Crippen LogP) is 0.985. The van der Waals surface area contributed by atoms with Gasteiger partial charge in [-0.2, -0.15) is 13.2 Å². The van der Waals surface area contributed by atoms with E-state index in [0.29, 0.717) is 6.54 Å². The summed E-state index contributed by atoms with van der Waals surface area (Å²) in [5.74, 6) is -0.569. The van der Waals surface area contributed by atoms with Gasteiger partial charge in [-0.15, -0.1) is 12.4 Å². The Morgan fingerprint density at radius 2 is 2.00 bits per heavy atom. The second kappa shape index (κ2) is 6.42. The molecule has 1 aliphatic carbocycles. The third-order valence-electron chi connectivity index (χ3n) is 2.49. The van der Waals surface area contributed by atoms with Gasteiger partial charge >= 0.3 is 6.18 Å². The number of amides is 1. The number of carbonyl (C=O) groups excluding carboxylic acids is 1. The van der Waals surface area contributed by atoms with Crippen molar-refractivity contribution in [1.82, 2.24) is 5.32 Å². The van der Waals surface area contributed by atoms with E-state index in [9.17, 15) is 18.0 Å². The molecule has 0 aromatic heterocycles. The largest absolute Gasteiger partial charge is 0.411 e. The molecule has 102 valence electrons. The lowest BCUT2D eigenvalue weighted by Crippen LogP contribution is -2.55. The van der Waals surface area contributed by atoms with Crippen molar-refractivity contribution < 1.29 is 22.7 Å². The molecular weight excluding hydrogens is 261 g/mol. The van der Waals surface area contributed by atoms with Crippen LogP contribution in [-0.4, -0.2) is 37.4 Å². The number of carbonyl (C=O) groups is 1. The molecule has 0 saturated heterocycles. The summed E-state index contributed by atoms with van der Waals surface area (Å²) in [5, 5.41) is 2.46. The van der Waals surface area contributed by atoms with Gasteiger partial charge in [-0.05, 0) is 19.3 Å². The molecule has 0 heterocycles. The van der Waals surface area contributed by atoms with Gasteiger partial charge in [0, 0.05) is 12.1 Å². The Morgan fingerprint density at radius 3 is 2.41 bits per heavy atom. The highest BCUT2D eigenvalue weighted by Gasteiger charge is 2.32. The first-order valence-electron chi connectivity index (χ1n) is 5.01. The van der Waals surface area contributed by atoms with Crippen LogP contribution in [0.3, 0.4) is 0 Å². The third kappa shape index (κ3) is 6.70. The van der Waals surface area contributed by atoms with Crippen molar-refractivity contribution in [3.05, 3.63) is 0 Å². The van der Waals surface area contributed by atoms with Crippen LogP contribution in [0.15, 0.2) is 0 Å². The van der Waals surface area contributed by atoms with Gasteiger partial charge in [-0.3, -0.25) is 4.79 Å². The molecule has 1 amide bonds. The number of nitrogens with one attached hydrogen (secondary N) is 1. The Labute approximate surface area is 103 Å². The van der Waals surface area contributed by atoms with E-state index in [4.69, 9.17) is 5.73 Å². The Hall–Kier alpha value is -0.530. The Bertz CT molecular complexity index is 257. The van der Waals surface area contributed by atoms with Gasteiger partial charge in [0.15, 0.2) is 0 Å². The number of alkyl halides is 3. The van der Waals surface area contributed by atoms with Crippen LogP contribution >= 0.6 is 12.4 Å². The van der Waals surface area contributed by atoms with Crippen LogP contribution in [0.5, 0.6) is 0 Å². The maximum Gasteiger partial charge on any atom is 0.411 e. The normalized spacial score (nSPS) is 17.9. The second-order valence-electron chi connectivity index (χ2n) is 4.10. The average molecular weight is 277 g/mol. The van der Waals surface area contributed by atoms with Crippen LogP contribution in [0.4, 0.5) is 13.2 Å². The van der Waals surface area contributed by atoms with E-state index in [0.717, 1.165) is 19.3 Å². The predicted molar refractivity (Wildman–Crippen MR) is 57.9 cm³/mol. The van der Waals surface area contributed by atoms with Crippen molar-refractivity contribution in [2.24, 2.45) is 5.73 Å². The summed E-state index contributed by atoms with van der Waals surface area (Å²) in [6.07, 6.45) is -1.71. The van der Waals surface area contributed by atoms with Gasteiger partial charge in [0.25, 0.3) is 0 Å². The van der Waals surface area contributed by atoms with E-state index >= 15 is 0 Å². The third-order valence-corrected chi connectivity index (χ3v) is 2.49. The molecule has 0 aliphatic heterocycles. The Morgan fingerprint density at radius 1 is 1.41 bits per heavy atom. The maximum absolute atomic E-state index is 11.7. The molecule has 8 heteroatoms. The summed E-state index contributed by atoms with van der Waals surface area (Å²) >= 11 is 0. The molecule has 0 spiro atoms. The van der Waals surface area contributed by atoms with Crippen molar-refractivity contribution in [2.75, 3.05) is 19.8 Å². The summed E-state index contributed by atoms with van der Waals surface area (Å²) in [6, 6.07) is 0. The molecule has 0 aromatic carbocycles. The van der Waals surface area contributed by atoms with Crippen LogP contribution in [0, 0.1) is 0 Å². The van der Waals surface area contributed by atoms with Crippen molar-refractivity contribution in [3.8, 4) is 0 Å². The molecule has 1 rings (SSSR count). The van der Waals surface area contributed by atoms with E-state index in [2.05, 4.69) is 10.1 Å². The number of ether oxygens (including phenoxy) is 1. The SMILES string of the molecule is Cl.NC1(CNC(=O)COCC(F)(F)F)CCC1. The summed E-state index contributed by atoms with van der Waals surface area (Å²) in [5.41, 5.74) is 5.44. The quantitative estimate of drug-likeness (QED) is 0.787. The van der Waals surface area contributed by atoms with E-state index < -0.39 is 25.3 Å². The van der Waals surface area contributed by atoms with Crippen molar-refractivity contribution in [1.29, 1.82) is 0 Å². The lowest BCUT2D eigenvalue weighted by Gasteiger charge is -2.38. The molecule has 0 unspecified atom stereocenters. The van der Waals surface area contributed by atoms with Gasteiger partial charge in [0.05, 0.1) is 0 Å². The van der Waals surface area contributed by atoms with Crippen molar-refractivity contribution in [3.63, 3.8) is 0 Å². The average Bonchev–Trinajstić information content (AvgIpc) is 2.09. The fraction of sp³-hybridized carbons (Fsp3) is 0.889. The van der Waals surface area contributed by atoms with Crippen molar-refractivity contribution >= 4 is 18.3 Å². The smallest absolute Gasteiger partial charge is 0.362 e. The molecule has 0 atom stereocenters. The molecule has 1 aliphatic rings. The first kappa shape index (κ1) is 16.5. The van der Waals surface area contributed by atoms with Gasteiger partial charge in [-0.1, -0.05) is 0 Å². The van der Waals surface area contributed by atoms with Gasteiger partial charge in [0.1, 0.15) is 13.2 Å². The van der Waals surface area contributed by atoms with Gasteiger partial charge in [-0.25, -0.2) is 0 Å². The standard InChI is InChI=1S/C9H15F3N2O2.ClH/c10-9(11,12)6-16-4-7(15)14-5-8(13)2-1-3-8;/h1-6,13H2,(H,14,15);1H. The van der Waals surface area contributed by atoms with Gasteiger partial charge < -0.3 is 15.8 Å². The van der Waals surface area contributed by atoms with Crippen LogP contribution in [0.2, 0.25) is 0 Å².